The Hall–Kier alpha value is -3.21. The summed E-state index contributed by atoms with van der Waals surface area (Å²) in [7, 11) is -4.49. The normalized spacial score (nSPS) is 13.1. The second kappa shape index (κ2) is 7.68. The average Bonchev–Trinajstić information content (AvgIpc) is 3.05. The Bertz CT molecular complexity index is 1440. The van der Waals surface area contributed by atoms with Crippen LogP contribution in [-0.4, -0.2) is 13.0 Å². The van der Waals surface area contributed by atoms with E-state index in [0.29, 0.717) is 24.1 Å². The number of anilines is 1. The number of para-hydroxylation sites is 1. The van der Waals surface area contributed by atoms with E-state index in [1.807, 2.05) is 28.3 Å². The van der Waals surface area contributed by atoms with Crippen LogP contribution in [0, 0.1) is 0 Å². The maximum absolute atomic E-state index is 13.1. The standard InChI is InChI=1S/C22H16F6N2O2S/c1-2-30-19-6-4-3-5-17(19)18-12-16(7-8-20(18)30)33(31,32)29-15-10-13(21(23,24)25)9-14(11-15)22(26,27)28/h3-12,29H,2H2,1H3. The molecule has 11 heteroatoms. The molecule has 0 aliphatic rings. The van der Waals surface area contributed by atoms with Gasteiger partial charge in [0.15, 0.2) is 0 Å². The van der Waals surface area contributed by atoms with Gasteiger partial charge in [0.2, 0.25) is 0 Å². The summed E-state index contributed by atoms with van der Waals surface area (Å²) >= 11 is 0. The molecule has 4 rings (SSSR count). The van der Waals surface area contributed by atoms with Gasteiger partial charge in [-0.15, -0.1) is 0 Å². The lowest BCUT2D eigenvalue weighted by Gasteiger charge is -2.15. The minimum atomic E-state index is -5.09. The van der Waals surface area contributed by atoms with E-state index in [-0.39, 0.29) is 11.0 Å². The average molecular weight is 486 g/mol. The van der Waals surface area contributed by atoms with Gasteiger partial charge in [-0.1, -0.05) is 18.2 Å². The molecule has 4 aromatic rings. The van der Waals surface area contributed by atoms with Crippen LogP contribution in [0.3, 0.4) is 0 Å². The van der Waals surface area contributed by atoms with Crippen molar-refractivity contribution in [2.45, 2.75) is 30.7 Å². The van der Waals surface area contributed by atoms with Gasteiger partial charge in [-0.05, 0) is 49.4 Å². The highest BCUT2D eigenvalue weighted by Gasteiger charge is 2.37. The lowest BCUT2D eigenvalue weighted by atomic mass is 10.1. The fraction of sp³-hybridized carbons (Fsp3) is 0.182. The summed E-state index contributed by atoms with van der Waals surface area (Å²) < 4.78 is 108. The van der Waals surface area contributed by atoms with Crippen LogP contribution in [0.15, 0.2) is 65.6 Å². The van der Waals surface area contributed by atoms with E-state index in [2.05, 4.69) is 0 Å². The largest absolute Gasteiger partial charge is 0.416 e. The summed E-state index contributed by atoms with van der Waals surface area (Å²) in [5, 5.41) is 1.36. The van der Waals surface area contributed by atoms with Crippen LogP contribution >= 0.6 is 0 Å². The zero-order valence-corrected chi connectivity index (χ0v) is 17.7. The van der Waals surface area contributed by atoms with Gasteiger partial charge < -0.3 is 4.57 Å². The second-order valence-electron chi connectivity index (χ2n) is 7.34. The van der Waals surface area contributed by atoms with Crippen LogP contribution in [0.2, 0.25) is 0 Å². The van der Waals surface area contributed by atoms with Crippen LogP contribution in [0.5, 0.6) is 0 Å². The van der Waals surface area contributed by atoms with Crippen molar-refractivity contribution in [3.8, 4) is 0 Å². The molecule has 1 heterocycles. The highest BCUT2D eigenvalue weighted by Crippen LogP contribution is 2.38. The highest BCUT2D eigenvalue weighted by atomic mass is 32.2. The zero-order valence-electron chi connectivity index (χ0n) is 16.9. The molecule has 0 saturated heterocycles. The van der Waals surface area contributed by atoms with Crippen molar-refractivity contribution in [1.29, 1.82) is 0 Å². The van der Waals surface area contributed by atoms with E-state index >= 15 is 0 Å². The zero-order chi connectivity index (χ0) is 24.2. The van der Waals surface area contributed by atoms with Gasteiger partial charge in [-0.2, -0.15) is 26.3 Å². The summed E-state index contributed by atoms with van der Waals surface area (Å²) in [5.74, 6) is 0. The number of rotatable bonds is 4. The molecular formula is C22H16F6N2O2S. The smallest absolute Gasteiger partial charge is 0.341 e. The van der Waals surface area contributed by atoms with Gasteiger partial charge >= 0.3 is 12.4 Å². The fourth-order valence-corrected chi connectivity index (χ4v) is 4.83. The Labute approximate surface area is 184 Å². The summed E-state index contributed by atoms with van der Waals surface area (Å²) in [4.78, 5) is -0.292. The van der Waals surface area contributed by atoms with Crippen LogP contribution in [0.1, 0.15) is 18.1 Å². The molecule has 0 bridgehead atoms. The van der Waals surface area contributed by atoms with Crippen molar-refractivity contribution in [3.63, 3.8) is 0 Å². The molecule has 0 spiro atoms. The van der Waals surface area contributed by atoms with Gasteiger partial charge in [0, 0.05) is 28.4 Å². The molecule has 0 amide bonds. The van der Waals surface area contributed by atoms with Crippen LogP contribution in [0.4, 0.5) is 32.0 Å². The monoisotopic (exact) mass is 486 g/mol. The van der Waals surface area contributed by atoms with Crippen LogP contribution in [0.25, 0.3) is 21.8 Å². The second-order valence-corrected chi connectivity index (χ2v) is 9.02. The minimum Gasteiger partial charge on any atom is -0.341 e. The first-order chi connectivity index (χ1) is 15.3. The third kappa shape index (κ3) is 4.24. The Morgan fingerprint density at radius 2 is 1.36 bits per heavy atom. The van der Waals surface area contributed by atoms with E-state index < -0.39 is 39.2 Å². The third-order valence-electron chi connectivity index (χ3n) is 5.21. The number of alkyl halides is 6. The minimum absolute atomic E-state index is 0.0660. The maximum atomic E-state index is 13.1. The van der Waals surface area contributed by atoms with E-state index in [9.17, 15) is 34.8 Å². The number of hydrogen-bond acceptors (Lipinski definition) is 2. The number of aromatic nitrogens is 1. The number of halogens is 6. The molecule has 0 aliphatic carbocycles. The van der Waals surface area contributed by atoms with Gasteiger partial charge in [0.1, 0.15) is 0 Å². The molecular weight excluding hydrogens is 470 g/mol. The summed E-state index contributed by atoms with van der Waals surface area (Å²) in [6, 6.07) is 12.0. The molecule has 0 saturated carbocycles. The van der Waals surface area contributed by atoms with Gasteiger partial charge in [-0.25, -0.2) is 8.42 Å². The first-order valence-electron chi connectivity index (χ1n) is 9.64. The predicted molar refractivity (Wildman–Crippen MR) is 112 cm³/mol. The molecule has 0 radical (unpaired) electrons. The molecule has 1 N–H and O–H groups in total. The quantitative estimate of drug-likeness (QED) is 0.328. The Morgan fingerprint density at radius 3 is 1.94 bits per heavy atom. The van der Waals surface area contributed by atoms with Gasteiger partial charge in [0.05, 0.1) is 21.7 Å². The molecule has 3 aromatic carbocycles. The van der Waals surface area contributed by atoms with Crippen molar-refractivity contribution in [2.75, 3.05) is 4.72 Å². The SMILES string of the molecule is CCn1c2ccccc2c2cc(S(=O)(=O)Nc3cc(C(F)(F)F)cc(C(F)(F)F)c3)ccc21. The highest BCUT2D eigenvalue weighted by molar-refractivity contribution is 7.92. The topological polar surface area (TPSA) is 51.1 Å². The number of aryl methyl sites for hydroxylation is 1. The van der Waals surface area contributed by atoms with Crippen molar-refractivity contribution in [2.24, 2.45) is 0 Å². The molecule has 0 aliphatic heterocycles. The maximum Gasteiger partial charge on any atom is 0.416 e. The van der Waals surface area contributed by atoms with Crippen LogP contribution < -0.4 is 4.72 Å². The van der Waals surface area contributed by atoms with Crippen LogP contribution in [-0.2, 0) is 28.9 Å². The van der Waals surface area contributed by atoms with E-state index in [1.165, 1.54) is 12.1 Å². The summed E-state index contributed by atoms with van der Waals surface area (Å²) in [5.41, 5.74) is -2.46. The van der Waals surface area contributed by atoms with E-state index in [1.54, 1.807) is 18.2 Å². The number of nitrogens with zero attached hydrogens (tertiary/aromatic N) is 1. The van der Waals surface area contributed by atoms with Gasteiger partial charge in [-0.3, -0.25) is 4.72 Å². The van der Waals surface area contributed by atoms with E-state index in [4.69, 9.17) is 0 Å². The van der Waals surface area contributed by atoms with Crippen molar-refractivity contribution in [3.05, 3.63) is 71.8 Å². The van der Waals surface area contributed by atoms with Crippen molar-refractivity contribution < 1.29 is 34.8 Å². The van der Waals surface area contributed by atoms with E-state index in [0.717, 1.165) is 16.4 Å². The molecule has 1 aromatic heterocycles. The Balaban J connectivity index is 1.82. The molecule has 0 atom stereocenters. The molecule has 4 nitrogen and oxygen atoms in total. The Kier molecular flexibility index (Phi) is 5.35. The predicted octanol–water partition coefficient (Wildman–Crippen LogP) is 6.65. The van der Waals surface area contributed by atoms with Crippen molar-refractivity contribution in [1.82, 2.24) is 4.57 Å². The first kappa shape index (κ1) is 23.0. The molecule has 33 heavy (non-hydrogen) atoms. The number of benzene rings is 3. The molecule has 0 unspecified atom stereocenters. The number of fused-ring (bicyclic) bond motifs is 3. The molecule has 0 fully saturated rings. The third-order valence-corrected chi connectivity index (χ3v) is 6.59. The Morgan fingerprint density at radius 1 is 0.788 bits per heavy atom. The lowest BCUT2D eigenvalue weighted by Crippen LogP contribution is -2.16. The lowest BCUT2D eigenvalue weighted by molar-refractivity contribution is -0.143. The number of nitrogens with one attached hydrogen (secondary N) is 1. The van der Waals surface area contributed by atoms with Gasteiger partial charge in [0.25, 0.3) is 10.0 Å². The summed E-state index contributed by atoms with van der Waals surface area (Å²) in [6.45, 7) is 2.53. The number of sulfonamides is 1. The number of hydrogen-bond donors (Lipinski definition) is 1. The summed E-state index contributed by atoms with van der Waals surface area (Å²) in [6.07, 6.45) is -10.2. The van der Waals surface area contributed by atoms with Crippen molar-refractivity contribution >= 4 is 37.5 Å². The first-order valence-corrected chi connectivity index (χ1v) is 11.1. The molecule has 174 valence electrons. The fourth-order valence-electron chi connectivity index (χ4n) is 3.77.